The number of benzene rings is 1. The van der Waals surface area contributed by atoms with Gasteiger partial charge < -0.3 is 15.2 Å². The first-order valence-electron chi connectivity index (χ1n) is 5.31. The number of nitrogen functional groups attached to an aromatic ring is 1. The van der Waals surface area contributed by atoms with Crippen molar-refractivity contribution in [3.63, 3.8) is 0 Å². The van der Waals surface area contributed by atoms with Crippen molar-refractivity contribution in [1.29, 1.82) is 0 Å². The summed E-state index contributed by atoms with van der Waals surface area (Å²) < 4.78 is 13.0. The summed E-state index contributed by atoms with van der Waals surface area (Å²) in [6.07, 6.45) is 0. The molecule has 17 heavy (non-hydrogen) atoms. The molecule has 0 atom stereocenters. The first kappa shape index (κ1) is 12.4. The Bertz CT molecular complexity index is 542. The van der Waals surface area contributed by atoms with Crippen LogP contribution in [0.15, 0.2) is 10.5 Å². The van der Waals surface area contributed by atoms with Crippen molar-refractivity contribution in [1.82, 2.24) is 4.98 Å². The van der Waals surface area contributed by atoms with Gasteiger partial charge in [-0.15, -0.1) is 0 Å². The quantitative estimate of drug-likeness (QED) is 0.938. The maximum Gasteiger partial charge on any atom is 0.181 e. The molecule has 92 valence electrons. The van der Waals surface area contributed by atoms with Gasteiger partial charge in [0.05, 0.1) is 13.2 Å². The minimum atomic E-state index is 0.523. The van der Waals surface area contributed by atoms with E-state index in [-0.39, 0.29) is 0 Å². The van der Waals surface area contributed by atoms with E-state index in [1.54, 1.807) is 0 Å². The zero-order valence-electron chi connectivity index (χ0n) is 9.62. The van der Waals surface area contributed by atoms with Gasteiger partial charge in [-0.1, -0.05) is 11.3 Å². The van der Waals surface area contributed by atoms with Gasteiger partial charge in [-0.05, 0) is 29.8 Å². The van der Waals surface area contributed by atoms with E-state index in [0.717, 1.165) is 26.2 Å². The lowest BCUT2D eigenvalue weighted by atomic mass is 10.3. The van der Waals surface area contributed by atoms with Crippen LogP contribution in [0.2, 0.25) is 0 Å². The monoisotopic (exact) mass is 316 g/mol. The Morgan fingerprint density at radius 2 is 2.06 bits per heavy atom. The Balaban J connectivity index is 2.67. The van der Waals surface area contributed by atoms with E-state index in [1.807, 2.05) is 19.9 Å². The highest BCUT2D eigenvalue weighted by atomic mass is 79.9. The SMILES string of the molecule is CCOc1cc(Br)c2nc(N)sc2c1OCC. The minimum Gasteiger partial charge on any atom is -0.490 e. The average Bonchev–Trinajstić information content (AvgIpc) is 2.67. The standard InChI is InChI=1S/C11H13BrN2O2S/c1-3-15-7-5-6(12)8-10(9(7)16-4-2)17-11(13)14-8/h5H,3-4H2,1-2H3,(H2,13,14). The molecule has 0 aliphatic heterocycles. The van der Waals surface area contributed by atoms with E-state index in [2.05, 4.69) is 20.9 Å². The normalized spacial score (nSPS) is 10.8. The summed E-state index contributed by atoms with van der Waals surface area (Å²) >= 11 is 4.87. The van der Waals surface area contributed by atoms with Gasteiger partial charge in [-0.25, -0.2) is 4.98 Å². The molecule has 0 saturated carbocycles. The smallest absolute Gasteiger partial charge is 0.181 e. The summed E-state index contributed by atoms with van der Waals surface area (Å²) in [5.74, 6) is 1.44. The van der Waals surface area contributed by atoms with Crippen molar-refractivity contribution in [2.24, 2.45) is 0 Å². The third-order valence-electron chi connectivity index (χ3n) is 2.15. The number of anilines is 1. The van der Waals surface area contributed by atoms with Crippen LogP contribution in [-0.2, 0) is 0 Å². The molecular weight excluding hydrogens is 304 g/mol. The van der Waals surface area contributed by atoms with Gasteiger partial charge in [-0.3, -0.25) is 0 Å². The lowest BCUT2D eigenvalue weighted by Gasteiger charge is -2.11. The lowest BCUT2D eigenvalue weighted by molar-refractivity contribution is 0.291. The Morgan fingerprint density at radius 3 is 2.71 bits per heavy atom. The van der Waals surface area contributed by atoms with Gasteiger partial charge >= 0.3 is 0 Å². The first-order chi connectivity index (χ1) is 8.17. The summed E-state index contributed by atoms with van der Waals surface area (Å²) in [6.45, 7) is 5.05. The fourth-order valence-corrected chi connectivity index (χ4v) is 3.03. The van der Waals surface area contributed by atoms with Crippen LogP contribution in [0.1, 0.15) is 13.8 Å². The second-order valence-electron chi connectivity index (χ2n) is 3.28. The number of ether oxygens (including phenoxy) is 2. The van der Waals surface area contributed by atoms with Crippen LogP contribution in [0.5, 0.6) is 11.5 Å². The van der Waals surface area contributed by atoms with Gasteiger partial charge in [0.25, 0.3) is 0 Å². The highest BCUT2D eigenvalue weighted by Gasteiger charge is 2.17. The van der Waals surface area contributed by atoms with Gasteiger partial charge in [0, 0.05) is 10.5 Å². The molecule has 0 saturated heterocycles. The molecule has 2 aromatic rings. The van der Waals surface area contributed by atoms with E-state index in [4.69, 9.17) is 15.2 Å². The van der Waals surface area contributed by atoms with Crippen LogP contribution in [0.3, 0.4) is 0 Å². The molecule has 1 aromatic carbocycles. The van der Waals surface area contributed by atoms with Crippen molar-refractivity contribution in [3.05, 3.63) is 10.5 Å². The average molecular weight is 317 g/mol. The highest BCUT2D eigenvalue weighted by Crippen LogP contribution is 2.43. The molecule has 2 rings (SSSR count). The maximum absolute atomic E-state index is 5.74. The molecule has 0 aliphatic carbocycles. The molecule has 0 bridgehead atoms. The molecule has 1 heterocycles. The molecule has 0 spiro atoms. The Morgan fingerprint density at radius 1 is 1.35 bits per heavy atom. The Hall–Kier alpha value is -1.01. The number of fused-ring (bicyclic) bond motifs is 1. The molecule has 1 aromatic heterocycles. The largest absolute Gasteiger partial charge is 0.490 e. The van der Waals surface area contributed by atoms with Crippen LogP contribution >= 0.6 is 27.3 Å². The second kappa shape index (κ2) is 5.10. The number of hydrogen-bond acceptors (Lipinski definition) is 5. The molecule has 0 amide bonds. The number of thiazole rings is 1. The number of aromatic nitrogens is 1. The van der Waals surface area contributed by atoms with Crippen LogP contribution in [0.25, 0.3) is 10.2 Å². The fraction of sp³-hybridized carbons (Fsp3) is 0.364. The predicted molar refractivity (Wildman–Crippen MR) is 74.1 cm³/mol. The topological polar surface area (TPSA) is 57.4 Å². The Kier molecular flexibility index (Phi) is 3.73. The molecule has 4 nitrogen and oxygen atoms in total. The lowest BCUT2D eigenvalue weighted by Crippen LogP contribution is -1.98. The summed E-state index contributed by atoms with van der Waals surface area (Å²) in [7, 11) is 0. The van der Waals surface area contributed by atoms with Crippen molar-refractivity contribution in [2.45, 2.75) is 13.8 Å². The minimum absolute atomic E-state index is 0.523. The highest BCUT2D eigenvalue weighted by molar-refractivity contribution is 9.10. The third-order valence-corrected chi connectivity index (χ3v) is 3.63. The fourth-order valence-electron chi connectivity index (χ4n) is 1.56. The molecule has 0 fully saturated rings. The number of nitrogens with zero attached hydrogens (tertiary/aromatic N) is 1. The second-order valence-corrected chi connectivity index (χ2v) is 5.17. The molecule has 0 aliphatic rings. The van der Waals surface area contributed by atoms with Crippen LogP contribution < -0.4 is 15.2 Å². The molecule has 0 radical (unpaired) electrons. The third kappa shape index (κ3) is 2.32. The summed E-state index contributed by atoms with van der Waals surface area (Å²) in [4.78, 5) is 4.27. The molecule has 6 heteroatoms. The van der Waals surface area contributed by atoms with Crippen molar-refractivity contribution in [2.75, 3.05) is 18.9 Å². The molecule has 2 N–H and O–H groups in total. The van der Waals surface area contributed by atoms with Crippen molar-refractivity contribution >= 4 is 42.6 Å². The van der Waals surface area contributed by atoms with E-state index in [9.17, 15) is 0 Å². The molecular formula is C11H13BrN2O2S. The van der Waals surface area contributed by atoms with Crippen LogP contribution in [-0.4, -0.2) is 18.2 Å². The molecule has 0 unspecified atom stereocenters. The van der Waals surface area contributed by atoms with Gasteiger partial charge in [0.2, 0.25) is 0 Å². The van der Waals surface area contributed by atoms with Crippen molar-refractivity contribution < 1.29 is 9.47 Å². The van der Waals surface area contributed by atoms with Gasteiger partial charge in [0.15, 0.2) is 16.6 Å². The zero-order chi connectivity index (χ0) is 12.4. The number of hydrogen-bond donors (Lipinski definition) is 1. The summed E-state index contributed by atoms with van der Waals surface area (Å²) in [5, 5.41) is 0.523. The number of nitrogens with two attached hydrogens (primary N) is 1. The number of halogens is 1. The van der Waals surface area contributed by atoms with Gasteiger partial charge in [-0.2, -0.15) is 0 Å². The van der Waals surface area contributed by atoms with E-state index >= 15 is 0 Å². The Labute approximate surface area is 112 Å². The van der Waals surface area contributed by atoms with Crippen LogP contribution in [0.4, 0.5) is 5.13 Å². The summed E-state index contributed by atoms with van der Waals surface area (Å²) in [6, 6.07) is 1.87. The maximum atomic E-state index is 5.74. The van der Waals surface area contributed by atoms with E-state index < -0.39 is 0 Å². The van der Waals surface area contributed by atoms with Crippen LogP contribution in [0, 0.1) is 0 Å². The van der Waals surface area contributed by atoms with Gasteiger partial charge in [0.1, 0.15) is 10.2 Å². The zero-order valence-corrected chi connectivity index (χ0v) is 12.0. The number of rotatable bonds is 4. The van der Waals surface area contributed by atoms with E-state index in [0.29, 0.717) is 18.3 Å². The summed E-state index contributed by atoms with van der Waals surface area (Å²) in [5.41, 5.74) is 6.56. The van der Waals surface area contributed by atoms with E-state index in [1.165, 1.54) is 11.3 Å². The first-order valence-corrected chi connectivity index (χ1v) is 6.92. The van der Waals surface area contributed by atoms with Crippen molar-refractivity contribution in [3.8, 4) is 11.5 Å². The predicted octanol–water partition coefficient (Wildman–Crippen LogP) is 3.44.